The Kier molecular flexibility index (Phi) is 6.28. The number of ketones is 1. The van der Waals surface area contributed by atoms with E-state index in [2.05, 4.69) is 5.32 Å². The summed E-state index contributed by atoms with van der Waals surface area (Å²) >= 11 is 0. The summed E-state index contributed by atoms with van der Waals surface area (Å²) in [5.74, 6) is -1.35. The van der Waals surface area contributed by atoms with Crippen molar-refractivity contribution in [3.8, 4) is 0 Å². The van der Waals surface area contributed by atoms with Crippen LogP contribution in [0, 0.1) is 0 Å². The molecule has 0 aliphatic carbocycles. The van der Waals surface area contributed by atoms with Gasteiger partial charge in [0.05, 0.1) is 5.56 Å². The van der Waals surface area contributed by atoms with E-state index >= 15 is 0 Å². The zero-order valence-corrected chi connectivity index (χ0v) is 15.2. The van der Waals surface area contributed by atoms with Gasteiger partial charge in [-0.25, -0.2) is 4.79 Å². The molecule has 0 heterocycles. The van der Waals surface area contributed by atoms with Crippen molar-refractivity contribution in [3.63, 3.8) is 0 Å². The van der Waals surface area contributed by atoms with Crippen LogP contribution in [0.5, 0.6) is 0 Å². The van der Waals surface area contributed by atoms with Crippen LogP contribution in [0.15, 0.2) is 54.6 Å². The Hall–Kier alpha value is -2.95. The van der Waals surface area contributed by atoms with Crippen molar-refractivity contribution >= 4 is 17.7 Å². The molecule has 2 aromatic carbocycles. The second kappa shape index (κ2) is 8.43. The van der Waals surface area contributed by atoms with E-state index < -0.39 is 12.6 Å². The minimum atomic E-state index is -0.700. The molecule has 0 saturated heterocycles. The number of nitrogens with one attached hydrogen (secondary N) is 1. The number of carbonyl (C=O) groups excluding carboxylic acids is 3. The molecule has 0 aromatic heterocycles. The molecule has 0 atom stereocenters. The first kappa shape index (κ1) is 19.4. The zero-order chi connectivity index (χ0) is 19.2. The monoisotopic (exact) mass is 353 g/mol. The van der Waals surface area contributed by atoms with Crippen molar-refractivity contribution in [1.82, 2.24) is 5.32 Å². The topological polar surface area (TPSA) is 72.5 Å². The zero-order valence-electron chi connectivity index (χ0n) is 15.2. The molecule has 1 N–H and O–H groups in total. The summed E-state index contributed by atoms with van der Waals surface area (Å²) in [4.78, 5) is 37.0. The van der Waals surface area contributed by atoms with Crippen molar-refractivity contribution in [3.05, 3.63) is 71.3 Å². The molecule has 0 radical (unpaired) electrons. The van der Waals surface area contributed by atoms with Crippen LogP contribution in [0.2, 0.25) is 0 Å². The minimum Gasteiger partial charge on any atom is -0.452 e. The van der Waals surface area contributed by atoms with E-state index in [0.717, 1.165) is 6.42 Å². The Morgan fingerprint density at radius 2 is 1.50 bits per heavy atom. The molecule has 5 heteroatoms. The summed E-state index contributed by atoms with van der Waals surface area (Å²) in [6.45, 7) is 5.34. The number of ether oxygens (including phenoxy) is 1. The largest absolute Gasteiger partial charge is 0.452 e. The highest BCUT2D eigenvalue weighted by Crippen LogP contribution is 2.16. The average Bonchev–Trinajstić information content (AvgIpc) is 2.66. The van der Waals surface area contributed by atoms with Gasteiger partial charge in [-0.15, -0.1) is 0 Å². The van der Waals surface area contributed by atoms with Crippen LogP contribution < -0.4 is 5.32 Å². The molecular formula is C21H23NO4. The molecular weight excluding hydrogens is 330 g/mol. The van der Waals surface area contributed by atoms with Gasteiger partial charge in [0.25, 0.3) is 5.91 Å². The predicted molar refractivity (Wildman–Crippen MR) is 99.1 cm³/mol. The van der Waals surface area contributed by atoms with Crippen molar-refractivity contribution < 1.29 is 19.1 Å². The van der Waals surface area contributed by atoms with Gasteiger partial charge in [0.15, 0.2) is 12.4 Å². The van der Waals surface area contributed by atoms with Crippen molar-refractivity contribution in [2.75, 3.05) is 6.61 Å². The molecule has 0 aliphatic rings. The van der Waals surface area contributed by atoms with Crippen molar-refractivity contribution in [2.45, 2.75) is 32.7 Å². The van der Waals surface area contributed by atoms with Gasteiger partial charge in [-0.3, -0.25) is 9.59 Å². The fraction of sp³-hybridized carbons (Fsp3) is 0.286. The van der Waals surface area contributed by atoms with Gasteiger partial charge in [0, 0.05) is 16.7 Å². The summed E-state index contributed by atoms with van der Waals surface area (Å²) in [6.07, 6.45) is 0.751. The lowest BCUT2D eigenvalue weighted by Crippen LogP contribution is -2.44. The quantitative estimate of drug-likeness (QED) is 0.612. The maximum atomic E-state index is 12.6. The SMILES string of the molecule is CCC(C)(C)NC(=O)COC(=O)c1ccccc1C(=O)c1ccccc1. The summed E-state index contributed by atoms with van der Waals surface area (Å²) in [7, 11) is 0. The number of benzene rings is 2. The molecule has 0 saturated carbocycles. The van der Waals surface area contributed by atoms with Crippen molar-refractivity contribution in [2.24, 2.45) is 0 Å². The maximum Gasteiger partial charge on any atom is 0.339 e. The highest BCUT2D eigenvalue weighted by Gasteiger charge is 2.21. The Bertz CT molecular complexity index is 797. The standard InChI is InChI=1S/C21H23NO4/c1-4-21(2,3)22-18(23)14-26-20(25)17-13-9-8-12-16(17)19(24)15-10-6-5-7-11-15/h5-13H,4,14H2,1-3H3,(H,22,23). The maximum absolute atomic E-state index is 12.6. The average molecular weight is 353 g/mol. The first-order chi connectivity index (χ1) is 12.3. The van der Waals surface area contributed by atoms with E-state index in [1.54, 1.807) is 42.5 Å². The summed E-state index contributed by atoms with van der Waals surface area (Å²) in [5.41, 5.74) is 0.502. The second-order valence-electron chi connectivity index (χ2n) is 6.60. The summed E-state index contributed by atoms with van der Waals surface area (Å²) in [6, 6.07) is 15.1. The van der Waals surface area contributed by atoms with E-state index in [4.69, 9.17) is 4.74 Å². The smallest absolute Gasteiger partial charge is 0.339 e. The molecule has 0 bridgehead atoms. The fourth-order valence-corrected chi connectivity index (χ4v) is 2.31. The lowest BCUT2D eigenvalue weighted by molar-refractivity contribution is -0.125. The highest BCUT2D eigenvalue weighted by atomic mass is 16.5. The lowest BCUT2D eigenvalue weighted by atomic mass is 9.98. The van der Waals surface area contributed by atoms with Crippen LogP contribution in [0.3, 0.4) is 0 Å². The third kappa shape index (κ3) is 5.02. The molecule has 2 aromatic rings. The Balaban J connectivity index is 2.11. The van der Waals surface area contributed by atoms with Gasteiger partial charge < -0.3 is 10.1 Å². The number of esters is 1. The Morgan fingerprint density at radius 1 is 0.923 bits per heavy atom. The van der Waals surface area contributed by atoms with E-state index in [0.29, 0.717) is 5.56 Å². The fourth-order valence-electron chi connectivity index (χ4n) is 2.31. The molecule has 1 amide bonds. The van der Waals surface area contributed by atoms with Crippen LogP contribution in [-0.2, 0) is 9.53 Å². The van der Waals surface area contributed by atoms with Crippen molar-refractivity contribution in [1.29, 1.82) is 0 Å². The van der Waals surface area contributed by atoms with E-state index in [1.165, 1.54) is 6.07 Å². The number of rotatable bonds is 7. The third-order valence-corrected chi connectivity index (χ3v) is 4.12. The van der Waals surface area contributed by atoms with Gasteiger partial charge in [-0.1, -0.05) is 55.5 Å². The van der Waals surface area contributed by atoms with Gasteiger partial charge in [0.2, 0.25) is 0 Å². The van der Waals surface area contributed by atoms with Gasteiger partial charge in [0.1, 0.15) is 0 Å². The molecule has 26 heavy (non-hydrogen) atoms. The molecule has 5 nitrogen and oxygen atoms in total. The first-order valence-corrected chi connectivity index (χ1v) is 8.51. The second-order valence-corrected chi connectivity index (χ2v) is 6.60. The van der Waals surface area contributed by atoms with Crippen LogP contribution in [-0.4, -0.2) is 29.8 Å². The van der Waals surface area contributed by atoms with Crippen LogP contribution in [0.25, 0.3) is 0 Å². The minimum absolute atomic E-state index is 0.143. The number of amides is 1. The third-order valence-electron chi connectivity index (χ3n) is 4.12. The highest BCUT2D eigenvalue weighted by molar-refractivity contribution is 6.14. The van der Waals surface area contributed by atoms with E-state index in [1.807, 2.05) is 26.8 Å². The van der Waals surface area contributed by atoms with Gasteiger partial charge in [-0.2, -0.15) is 0 Å². The summed E-state index contributed by atoms with van der Waals surface area (Å²) in [5, 5.41) is 2.79. The number of carbonyl (C=O) groups is 3. The number of hydrogen-bond donors (Lipinski definition) is 1. The summed E-state index contributed by atoms with van der Waals surface area (Å²) < 4.78 is 5.10. The Labute approximate surface area is 153 Å². The van der Waals surface area contributed by atoms with Crippen LogP contribution in [0.4, 0.5) is 0 Å². The molecule has 0 fully saturated rings. The molecule has 136 valence electrons. The van der Waals surface area contributed by atoms with Crippen LogP contribution in [0.1, 0.15) is 53.5 Å². The molecule has 2 rings (SSSR count). The van der Waals surface area contributed by atoms with Gasteiger partial charge in [-0.05, 0) is 26.3 Å². The molecule has 0 aliphatic heterocycles. The predicted octanol–water partition coefficient (Wildman–Crippen LogP) is 3.38. The van der Waals surface area contributed by atoms with Crippen LogP contribution >= 0.6 is 0 Å². The Morgan fingerprint density at radius 3 is 2.12 bits per heavy atom. The number of hydrogen-bond acceptors (Lipinski definition) is 4. The van der Waals surface area contributed by atoms with E-state index in [9.17, 15) is 14.4 Å². The first-order valence-electron chi connectivity index (χ1n) is 8.51. The molecule has 0 spiro atoms. The van der Waals surface area contributed by atoms with E-state index in [-0.39, 0.29) is 28.4 Å². The molecule has 0 unspecified atom stereocenters. The van der Waals surface area contributed by atoms with Gasteiger partial charge >= 0.3 is 5.97 Å². The normalized spacial score (nSPS) is 10.9. The lowest BCUT2D eigenvalue weighted by Gasteiger charge is -2.24.